The molecular weight excluding hydrogens is 641 g/mol. The van der Waals surface area contributed by atoms with Gasteiger partial charge in [-0.2, -0.15) is 13.2 Å². The summed E-state index contributed by atoms with van der Waals surface area (Å²) >= 11 is 0. The maximum atomic E-state index is 14.3. The second kappa shape index (κ2) is 13.2. The van der Waals surface area contributed by atoms with Gasteiger partial charge in [-0.05, 0) is 48.1 Å². The summed E-state index contributed by atoms with van der Waals surface area (Å²) in [6.45, 7) is 5.02. The maximum absolute atomic E-state index is 14.3. The fourth-order valence-electron chi connectivity index (χ4n) is 6.64. The van der Waals surface area contributed by atoms with Gasteiger partial charge in [0, 0.05) is 31.3 Å². The van der Waals surface area contributed by atoms with Crippen LogP contribution in [-0.4, -0.2) is 70.9 Å². The Morgan fingerprint density at radius 1 is 1.06 bits per heavy atom. The Bertz CT molecular complexity index is 1600. The van der Waals surface area contributed by atoms with E-state index in [-0.39, 0.29) is 43.6 Å². The van der Waals surface area contributed by atoms with Crippen LogP contribution in [0, 0.1) is 23.5 Å². The molecule has 5 atom stereocenters. The van der Waals surface area contributed by atoms with Gasteiger partial charge >= 0.3 is 12.3 Å². The van der Waals surface area contributed by atoms with Gasteiger partial charge in [0.2, 0.25) is 17.7 Å². The van der Waals surface area contributed by atoms with Crippen molar-refractivity contribution in [3.63, 3.8) is 0 Å². The molecule has 0 radical (unpaired) electrons. The Morgan fingerprint density at radius 3 is 2.40 bits per heavy atom. The van der Waals surface area contributed by atoms with E-state index in [1.807, 2.05) is 6.92 Å². The minimum atomic E-state index is -4.98. The average Bonchev–Trinajstić information content (AvgIpc) is 3.33. The monoisotopic (exact) mass is 679 g/mol. The number of likely N-dealkylation sites (tertiary alicyclic amines) is 1. The van der Waals surface area contributed by atoms with Crippen molar-refractivity contribution in [2.24, 2.45) is 11.8 Å². The molecule has 2 fully saturated rings. The molecule has 0 aromatic heterocycles. The molecule has 2 aromatic rings. The lowest BCUT2D eigenvalue weighted by atomic mass is 10.0. The van der Waals surface area contributed by atoms with Crippen molar-refractivity contribution < 1.29 is 45.9 Å². The molecule has 10 nitrogen and oxygen atoms in total. The summed E-state index contributed by atoms with van der Waals surface area (Å²) in [6, 6.07) is 4.45. The largest absolute Gasteiger partial charge is 0.444 e. The van der Waals surface area contributed by atoms with Crippen LogP contribution in [0.1, 0.15) is 56.7 Å². The molecular formula is C33H38F5N5O5. The highest BCUT2D eigenvalue weighted by Crippen LogP contribution is 2.46. The number of fused-ring (bicyclic) bond motifs is 1. The van der Waals surface area contributed by atoms with Crippen molar-refractivity contribution in [1.82, 2.24) is 20.4 Å². The molecule has 15 heteroatoms. The highest BCUT2D eigenvalue weighted by atomic mass is 19.4. The zero-order chi connectivity index (χ0) is 35.1. The number of carbonyl (C=O) groups excluding carboxylic acids is 4. The van der Waals surface area contributed by atoms with Crippen LogP contribution >= 0.6 is 0 Å². The molecule has 2 heterocycles. The van der Waals surface area contributed by atoms with E-state index >= 15 is 0 Å². The van der Waals surface area contributed by atoms with E-state index in [1.165, 1.54) is 29.0 Å². The first-order valence-corrected chi connectivity index (χ1v) is 15.8. The Kier molecular flexibility index (Phi) is 9.62. The minimum absolute atomic E-state index is 0.0237. The van der Waals surface area contributed by atoms with Crippen LogP contribution in [0.25, 0.3) is 0 Å². The standard InChI is InChI=1S/C33H38F5N5O5/c1-5-19-13-32(19,30(46)39-4)41-28(44)26-12-21(48-31(47)42-14-18-7-6-8-24(34)22(18)16-42)15-43(26)29(45)27(17(2)3)40-20-9-10-25(35)23(11-20)33(36,37)38/h6-11,17,19,21,26-27,40H,5,12-16H2,1-4H3,(H,39,46)(H,41,44)/t19-,21-,26+,27+,32-/m1/s1. The molecule has 4 amide bonds. The second-order valence-electron chi connectivity index (χ2n) is 12.9. The molecule has 1 saturated heterocycles. The van der Waals surface area contributed by atoms with Crippen LogP contribution in [0.3, 0.4) is 0 Å². The quantitative estimate of drug-likeness (QED) is 0.334. The van der Waals surface area contributed by atoms with E-state index in [9.17, 15) is 41.1 Å². The van der Waals surface area contributed by atoms with Crippen LogP contribution < -0.4 is 16.0 Å². The van der Waals surface area contributed by atoms with Gasteiger partial charge in [0.05, 0.1) is 18.7 Å². The molecule has 3 aliphatic rings. The summed E-state index contributed by atoms with van der Waals surface area (Å²) in [5.74, 6) is -4.30. The Balaban J connectivity index is 1.38. The minimum Gasteiger partial charge on any atom is -0.444 e. The van der Waals surface area contributed by atoms with Crippen molar-refractivity contribution >= 4 is 29.5 Å². The average molecular weight is 680 g/mol. The van der Waals surface area contributed by atoms with Crippen LogP contribution in [0.5, 0.6) is 0 Å². The number of benzene rings is 2. The SMILES string of the molecule is CC[C@@H]1C[C@]1(NC(=O)[C@@H]1C[C@@H](OC(=O)N2Cc3cccc(F)c3C2)CN1C(=O)[C@@H](Nc1ccc(F)c(C(F)(F)F)c1)C(C)C)C(=O)NC. The third-order valence-corrected chi connectivity index (χ3v) is 9.40. The smallest absolute Gasteiger partial charge is 0.419 e. The van der Waals surface area contributed by atoms with Crippen molar-refractivity contribution in [1.29, 1.82) is 0 Å². The summed E-state index contributed by atoms with van der Waals surface area (Å²) in [5, 5.41) is 8.15. The third kappa shape index (κ3) is 6.76. The number of hydrogen-bond acceptors (Lipinski definition) is 6. The van der Waals surface area contributed by atoms with Crippen LogP contribution in [0.2, 0.25) is 0 Å². The normalized spacial score (nSPS) is 23.8. The summed E-state index contributed by atoms with van der Waals surface area (Å²) in [6.07, 6.45) is -5.85. The third-order valence-electron chi connectivity index (χ3n) is 9.40. The number of carbonyl (C=O) groups is 4. The van der Waals surface area contributed by atoms with E-state index in [4.69, 9.17) is 4.74 Å². The lowest BCUT2D eigenvalue weighted by Gasteiger charge is -2.32. The Morgan fingerprint density at radius 2 is 1.79 bits per heavy atom. The molecule has 48 heavy (non-hydrogen) atoms. The number of amides is 4. The molecule has 3 N–H and O–H groups in total. The molecule has 1 saturated carbocycles. The highest BCUT2D eigenvalue weighted by Gasteiger charge is 2.60. The number of hydrogen-bond donors (Lipinski definition) is 3. The van der Waals surface area contributed by atoms with Gasteiger partial charge < -0.3 is 25.6 Å². The molecule has 2 aliphatic heterocycles. The molecule has 0 bridgehead atoms. The molecule has 2 aromatic carbocycles. The fourth-order valence-corrected chi connectivity index (χ4v) is 6.64. The fraction of sp³-hybridized carbons (Fsp3) is 0.515. The van der Waals surface area contributed by atoms with Crippen molar-refractivity contribution in [2.45, 2.75) is 83.0 Å². The lowest BCUT2D eigenvalue weighted by Crippen LogP contribution is -2.57. The molecule has 0 spiro atoms. The number of ether oxygens (including phenoxy) is 1. The maximum Gasteiger partial charge on any atom is 0.419 e. The number of anilines is 1. The van der Waals surface area contributed by atoms with Gasteiger partial charge in [-0.3, -0.25) is 19.3 Å². The zero-order valence-electron chi connectivity index (χ0n) is 26.9. The van der Waals surface area contributed by atoms with E-state index in [0.717, 1.165) is 6.07 Å². The van der Waals surface area contributed by atoms with Crippen molar-refractivity contribution in [3.05, 3.63) is 64.7 Å². The topological polar surface area (TPSA) is 120 Å². The molecule has 0 unspecified atom stereocenters. The second-order valence-corrected chi connectivity index (χ2v) is 12.9. The Labute approximate surface area is 274 Å². The van der Waals surface area contributed by atoms with Crippen LogP contribution in [0.15, 0.2) is 36.4 Å². The van der Waals surface area contributed by atoms with Crippen molar-refractivity contribution in [3.8, 4) is 0 Å². The predicted molar refractivity (Wildman–Crippen MR) is 163 cm³/mol. The molecule has 1 aliphatic carbocycles. The number of nitrogens with zero attached hydrogens (tertiary/aromatic N) is 2. The van der Waals surface area contributed by atoms with E-state index in [0.29, 0.717) is 36.1 Å². The van der Waals surface area contributed by atoms with Crippen LogP contribution in [0.4, 0.5) is 32.4 Å². The first-order chi connectivity index (χ1) is 22.6. The molecule has 260 valence electrons. The summed E-state index contributed by atoms with van der Waals surface area (Å²) in [4.78, 5) is 56.5. The van der Waals surface area contributed by atoms with Gasteiger partial charge in [0.1, 0.15) is 35.4 Å². The first-order valence-electron chi connectivity index (χ1n) is 15.8. The summed E-state index contributed by atoms with van der Waals surface area (Å²) < 4.78 is 74.3. The summed E-state index contributed by atoms with van der Waals surface area (Å²) in [5.41, 5.74) is -1.85. The van der Waals surface area contributed by atoms with Gasteiger partial charge in [-0.1, -0.05) is 39.3 Å². The zero-order valence-corrected chi connectivity index (χ0v) is 26.9. The number of likely N-dealkylation sites (N-methyl/N-ethyl adjacent to an activating group) is 1. The van der Waals surface area contributed by atoms with Gasteiger partial charge in [0.25, 0.3) is 0 Å². The predicted octanol–water partition coefficient (Wildman–Crippen LogP) is 4.57. The number of halogens is 5. The first kappa shape index (κ1) is 34.9. The van der Waals surface area contributed by atoms with Crippen LogP contribution in [-0.2, 0) is 38.4 Å². The van der Waals surface area contributed by atoms with Gasteiger partial charge in [-0.25, -0.2) is 13.6 Å². The van der Waals surface area contributed by atoms with Gasteiger partial charge in [-0.15, -0.1) is 0 Å². The number of alkyl halides is 3. The number of nitrogens with one attached hydrogen (secondary N) is 3. The summed E-state index contributed by atoms with van der Waals surface area (Å²) in [7, 11) is 1.45. The van der Waals surface area contributed by atoms with E-state index < -0.39 is 70.9 Å². The highest BCUT2D eigenvalue weighted by molar-refractivity contribution is 5.98. The van der Waals surface area contributed by atoms with Gasteiger partial charge in [0.15, 0.2) is 0 Å². The van der Waals surface area contributed by atoms with E-state index in [1.54, 1.807) is 19.9 Å². The number of rotatable bonds is 9. The Hall–Kier alpha value is -4.43. The molecule has 5 rings (SSSR count). The van der Waals surface area contributed by atoms with E-state index in [2.05, 4.69) is 16.0 Å². The lowest BCUT2D eigenvalue weighted by molar-refractivity contribution is -0.141. The van der Waals surface area contributed by atoms with Crippen molar-refractivity contribution in [2.75, 3.05) is 18.9 Å².